The highest BCUT2D eigenvalue weighted by Gasteiger charge is 2.06. The highest BCUT2D eigenvalue weighted by atomic mass is 16.3. The van der Waals surface area contributed by atoms with Crippen LogP contribution in [0.5, 0.6) is 0 Å². The molecule has 15 heavy (non-hydrogen) atoms. The number of aliphatic imine (C=N–C) groups is 1. The molecule has 0 amide bonds. The molecule has 1 aromatic heterocycles. The highest BCUT2D eigenvalue weighted by Crippen LogP contribution is 2.25. The van der Waals surface area contributed by atoms with Gasteiger partial charge in [-0.15, -0.1) is 0 Å². The van der Waals surface area contributed by atoms with E-state index in [1.807, 2.05) is 32.0 Å². The van der Waals surface area contributed by atoms with Crippen molar-refractivity contribution in [3.05, 3.63) is 35.1 Å². The van der Waals surface area contributed by atoms with Gasteiger partial charge >= 0.3 is 0 Å². The molecular weight excluding hydrogens is 190 g/mol. The predicted molar refractivity (Wildman–Crippen MR) is 57.5 cm³/mol. The number of isocyanates is 1. The monoisotopic (exact) mass is 201 g/mol. The number of benzene rings is 1. The van der Waals surface area contributed by atoms with Crippen molar-refractivity contribution in [2.45, 2.75) is 20.4 Å². The van der Waals surface area contributed by atoms with E-state index in [1.165, 1.54) is 6.08 Å². The summed E-state index contributed by atoms with van der Waals surface area (Å²) in [4.78, 5) is 13.6. The van der Waals surface area contributed by atoms with Crippen LogP contribution in [0.15, 0.2) is 27.6 Å². The maximum Gasteiger partial charge on any atom is 0.235 e. The number of fused-ring (bicyclic) bond motifs is 1. The van der Waals surface area contributed by atoms with E-state index in [2.05, 4.69) is 4.99 Å². The molecule has 2 rings (SSSR count). The maximum atomic E-state index is 10.0. The van der Waals surface area contributed by atoms with Gasteiger partial charge in [0.25, 0.3) is 0 Å². The Morgan fingerprint density at radius 3 is 2.93 bits per heavy atom. The summed E-state index contributed by atoms with van der Waals surface area (Å²) in [6, 6.07) is 5.82. The summed E-state index contributed by atoms with van der Waals surface area (Å²) in [5, 5.41) is 1.09. The number of aryl methyl sites for hydroxylation is 2. The Bertz CT molecular complexity index is 548. The fourth-order valence-electron chi connectivity index (χ4n) is 1.61. The van der Waals surface area contributed by atoms with Gasteiger partial charge in [-0.05, 0) is 37.1 Å². The van der Waals surface area contributed by atoms with Gasteiger partial charge in [0.1, 0.15) is 11.3 Å². The molecule has 0 N–H and O–H groups in total. The Kier molecular flexibility index (Phi) is 2.40. The van der Waals surface area contributed by atoms with Gasteiger partial charge in [0, 0.05) is 5.39 Å². The van der Waals surface area contributed by atoms with Gasteiger partial charge < -0.3 is 4.42 Å². The first-order valence-electron chi connectivity index (χ1n) is 4.74. The van der Waals surface area contributed by atoms with Crippen molar-refractivity contribution < 1.29 is 9.21 Å². The number of hydrogen-bond acceptors (Lipinski definition) is 3. The second-order valence-corrected chi connectivity index (χ2v) is 3.52. The van der Waals surface area contributed by atoms with E-state index in [-0.39, 0.29) is 0 Å². The molecule has 3 nitrogen and oxygen atoms in total. The summed E-state index contributed by atoms with van der Waals surface area (Å²) in [5.41, 5.74) is 3.01. The SMILES string of the molecule is Cc1oc2ccc(CN=C=O)cc2c1C. The molecule has 0 saturated heterocycles. The maximum absolute atomic E-state index is 10.0. The van der Waals surface area contributed by atoms with E-state index in [0.29, 0.717) is 6.54 Å². The Labute approximate surface area is 87.4 Å². The van der Waals surface area contributed by atoms with Crippen LogP contribution in [0.2, 0.25) is 0 Å². The first-order chi connectivity index (χ1) is 7.22. The van der Waals surface area contributed by atoms with Crippen molar-refractivity contribution in [3.8, 4) is 0 Å². The minimum absolute atomic E-state index is 0.378. The molecule has 0 unspecified atom stereocenters. The topological polar surface area (TPSA) is 42.6 Å². The number of nitrogens with zero attached hydrogens (tertiary/aromatic N) is 1. The molecule has 0 fully saturated rings. The summed E-state index contributed by atoms with van der Waals surface area (Å²) in [6.45, 7) is 4.34. The van der Waals surface area contributed by atoms with Gasteiger partial charge in [0.05, 0.1) is 6.54 Å². The van der Waals surface area contributed by atoms with Crippen molar-refractivity contribution in [1.82, 2.24) is 0 Å². The normalized spacial score (nSPS) is 10.3. The van der Waals surface area contributed by atoms with Crippen molar-refractivity contribution >= 4 is 17.0 Å². The first kappa shape index (κ1) is 9.69. The molecule has 0 aliphatic carbocycles. The average molecular weight is 201 g/mol. The van der Waals surface area contributed by atoms with Crippen LogP contribution in [0.4, 0.5) is 0 Å². The molecule has 0 spiro atoms. The molecule has 0 aliphatic rings. The lowest BCUT2D eigenvalue weighted by Crippen LogP contribution is -1.80. The molecule has 0 atom stereocenters. The zero-order valence-corrected chi connectivity index (χ0v) is 8.70. The minimum atomic E-state index is 0.378. The second kappa shape index (κ2) is 3.71. The van der Waals surface area contributed by atoms with Crippen LogP contribution < -0.4 is 0 Å². The Hall–Kier alpha value is -1.86. The lowest BCUT2D eigenvalue weighted by Gasteiger charge is -1.95. The van der Waals surface area contributed by atoms with E-state index < -0.39 is 0 Å². The predicted octanol–water partition coefficient (Wildman–Crippen LogP) is 2.89. The van der Waals surface area contributed by atoms with Crippen LogP contribution in [0.1, 0.15) is 16.9 Å². The largest absolute Gasteiger partial charge is 0.461 e. The smallest absolute Gasteiger partial charge is 0.235 e. The van der Waals surface area contributed by atoms with Gasteiger partial charge in [-0.1, -0.05) is 6.07 Å². The van der Waals surface area contributed by atoms with Crippen LogP contribution in [0.25, 0.3) is 11.0 Å². The summed E-state index contributed by atoms with van der Waals surface area (Å²) in [6.07, 6.45) is 1.54. The lowest BCUT2D eigenvalue weighted by molar-refractivity contribution is 0.563. The molecule has 0 radical (unpaired) electrons. The molecule has 0 saturated carbocycles. The molecule has 1 aromatic carbocycles. The molecule has 2 aromatic rings. The first-order valence-corrected chi connectivity index (χ1v) is 4.74. The summed E-state index contributed by atoms with van der Waals surface area (Å²) in [7, 11) is 0. The minimum Gasteiger partial charge on any atom is -0.461 e. The van der Waals surface area contributed by atoms with Crippen molar-refractivity contribution in [2.75, 3.05) is 0 Å². The highest BCUT2D eigenvalue weighted by molar-refractivity contribution is 5.82. The molecular formula is C12H11NO2. The number of carbonyl (C=O) groups excluding carboxylic acids is 1. The number of hydrogen-bond donors (Lipinski definition) is 0. The van der Waals surface area contributed by atoms with E-state index in [9.17, 15) is 4.79 Å². The van der Waals surface area contributed by atoms with Crippen LogP contribution in [-0.2, 0) is 11.3 Å². The number of rotatable bonds is 2. The van der Waals surface area contributed by atoms with Crippen LogP contribution in [-0.4, -0.2) is 6.08 Å². The summed E-state index contributed by atoms with van der Waals surface area (Å²) >= 11 is 0. The van der Waals surface area contributed by atoms with Gasteiger partial charge in [-0.3, -0.25) is 0 Å². The summed E-state index contributed by atoms with van der Waals surface area (Å²) < 4.78 is 5.55. The van der Waals surface area contributed by atoms with Gasteiger partial charge in [0.2, 0.25) is 6.08 Å². The fourth-order valence-corrected chi connectivity index (χ4v) is 1.61. The van der Waals surface area contributed by atoms with Gasteiger partial charge in [-0.2, -0.15) is 0 Å². The molecule has 0 bridgehead atoms. The quantitative estimate of drug-likeness (QED) is 0.553. The molecule has 1 heterocycles. The van der Waals surface area contributed by atoms with Crippen LogP contribution in [0, 0.1) is 13.8 Å². The van der Waals surface area contributed by atoms with Crippen molar-refractivity contribution in [2.24, 2.45) is 4.99 Å². The van der Waals surface area contributed by atoms with Crippen molar-refractivity contribution in [1.29, 1.82) is 0 Å². The molecule has 3 heteroatoms. The van der Waals surface area contributed by atoms with E-state index in [1.54, 1.807) is 0 Å². The van der Waals surface area contributed by atoms with E-state index in [0.717, 1.165) is 27.9 Å². The summed E-state index contributed by atoms with van der Waals surface area (Å²) in [5.74, 6) is 0.932. The Balaban J connectivity index is 2.54. The van der Waals surface area contributed by atoms with Gasteiger partial charge in [-0.25, -0.2) is 9.79 Å². The van der Waals surface area contributed by atoms with Crippen LogP contribution in [0.3, 0.4) is 0 Å². The fraction of sp³-hybridized carbons (Fsp3) is 0.250. The lowest BCUT2D eigenvalue weighted by atomic mass is 10.1. The zero-order chi connectivity index (χ0) is 10.8. The second-order valence-electron chi connectivity index (χ2n) is 3.52. The van der Waals surface area contributed by atoms with E-state index >= 15 is 0 Å². The Morgan fingerprint density at radius 1 is 1.40 bits per heavy atom. The third-order valence-corrected chi connectivity index (χ3v) is 2.57. The molecule has 0 aliphatic heterocycles. The standard InChI is InChI=1S/C12H11NO2/c1-8-9(2)15-12-4-3-10(5-11(8)12)6-13-7-14/h3-5H,6H2,1-2H3. The van der Waals surface area contributed by atoms with E-state index in [4.69, 9.17) is 4.42 Å². The van der Waals surface area contributed by atoms with Crippen LogP contribution >= 0.6 is 0 Å². The third kappa shape index (κ3) is 1.69. The average Bonchev–Trinajstić information content (AvgIpc) is 2.52. The number of furan rings is 1. The zero-order valence-electron chi connectivity index (χ0n) is 8.70. The molecule has 76 valence electrons. The Morgan fingerprint density at radius 2 is 2.20 bits per heavy atom. The van der Waals surface area contributed by atoms with Gasteiger partial charge in [0.15, 0.2) is 0 Å². The van der Waals surface area contributed by atoms with Crippen molar-refractivity contribution in [3.63, 3.8) is 0 Å². The third-order valence-electron chi connectivity index (χ3n) is 2.57.